The number of aromatic amines is 1. The summed E-state index contributed by atoms with van der Waals surface area (Å²) >= 11 is 0. The average molecular weight is 454 g/mol. The van der Waals surface area contributed by atoms with Crippen molar-refractivity contribution in [2.75, 3.05) is 5.32 Å². The minimum atomic E-state index is -4.32. The Labute approximate surface area is 187 Å². The van der Waals surface area contributed by atoms with Gasteiger partial charge >= 0.3 is 6.18 Å². The van der Waals surface area contributed by atoms with Gasteiger partial charge in [-0.3, -0.25) is 9.48 Å². The Hall–Kier alpha value is -3.75. The fraction of sp³-hybridized carbons (Fsp3) is 0.250. The molecule has 170 valence electrons. The van der Waals surface area contributed by atoms with Crippen molar-refractivity contribution in [2.45, 2.75) is 31.0 Å². The number of carbonyl (C=O) groups excluding carboxylic acids is 1. The summed E-state index contributed by atoms with van der Waals surface area (Å²) in [4.78, 5) is 15.7. The predicted octanol–water partition coefficient (Wildman–Crippen LogP) is 5.50. The SMILES string of the molecule is Cn1nccc1C(=O)Nc1c[nH]c2ccc(O[C@H]3C[C@H](c4ccc(C(F)(F)F)cc4)C3)cc12. The number of ether oxygens (including phenoxy) is 1. The van der Waals surface area contributed by atoms with Gasteiger partial charge < -0.3 is 15.0 Å². The van der Waals surface area contributed by atoms with Crippen molar-refractivity contribution in [3.8, 4) is 5.75 Å². The molecule has 1 saturated carbocycles. The van der Waals surface area contributed by atoms with Gasteiger partial charge in [-0.15, -0.1) is 0 Å². The Kier molecular flexibility index (Phi) is 5.11. The van der Waals surface area contributed by atoms with Crippen LogP contribution < -0.4 is 10.1 Å². The van der Waals surface area contributed by atoms with Crippen molar-refractivity contribution in [1.29, 1.82) is 0 Å². The smallest absolute Gasteiger partial charge is 0.416 e. The molecule has 33 heavy (non-hydrogen) atoms. The summed E-state index contributed by atoms with van der Waals surface area (Å²) in [6.07, 6.45) is 0.429. The summed E-state index contributed by atoms with van der Waals surface area (Å²) in [6.45, 7) is 0. The topological polar surface area (TPSA) is 71.9 Å². The number of alkyl halides is 3. The van der Waals surface area contributed by atoms with Gasteiger partial charge in [0, 0.05) is 30.3 Å². The highest BCUT2D eigenvalue weighted by Crippen LogP contribution is 2.41. The number of rotatable bonds is 5. The molecular weight excluding hydrogens is 433 g/mol. The molecule has 1 aliphatic carbocycles. The standard InChI is InChI=1S/C24H21F3N4O2/c1-31-22(8-9-29-31)23(32)30-21-13-28-20-7-6-17(12-19(20)21)33-18-10-15(11-18)14-2-4-16(5-3-14)24(25,26)27/h2-9,12-13,15,18,28H,10-11H2,1H3,(H,30,32)/t15-,18-. The normalized spacial score (nSPS) is 18.2. The van der Waals surface area contributed by atoms with E-state index < -0.39 is 11.7 Å². The lowest BCUT2D eigenvalue weighted by Crippen LogP contribution is -2.32. The Morgan fingerprint density at radius 3 is 2.58 bits per heavy atom. The molecule has 0 unspecified atom stereocenters. The van der Waals surface area contributed by atoms with E-state index in [1.807, 2.05) is 18.2 Å². The van der Waals surface area contributed by atoms with E-state index in [0.717, 1.165) is 41.4 Å². The number of carbonyl (C=O) groups is 1. The summed E-state index contributed by atoms with van der Waals surface area (Å²) in [5.41, 5.74) is 2.20. The molecule has 5 rings (SSSR count). The molecular formula is C24H21F3N4O2. The van der Waals surface area contributed by atoms with Crippen LogP contribution >= 0.6 is 0 Å². The van der Waals surface area contributed by atoms with Gasteiger partial charge in [0.15, 0.2) is 0 Å². The average Bonchev–Trinajstić information content (AvgIpc) is 3.36. The summed E-state index contributed by atoms with van der Waals surface area (Å²) in [5.74, 6) is 0.594. The van der Waals surface area contributed by atoms with Crippen LogP contribution in [0.25, 0.3) is 10.9 Å². The maximum absolute atomic E-state index is 12.7. The molecule has 2 aromatic heterocycles. The first kappa shape index (κ1) is 21.1. The molecule has 0 aliphatic heterocycles. The molecule has 4 aromatic rings. The van der Waals surface area contributed by atoms with E-state index in [4.69, 9.17) is 4.74 Å². The maximum Gasteiger partial charge on any atom is 0.416 e. The van der Waals surface area contributed by atoms with E-state index in [2.05, 4.69) is 15.4 Å². The first-order valence-electron chi connectivity index (χ1n) is 10.5. The van der Waals surface area contributed by atoms with Crippen LogP contribution in [-0.2, 0) is 13.2 Å². The van der Waals surface area contributed by atoms with Crippen LogP contribution in [0, 0.1) is 0 Å². The molecule has 9 heteroatoms. The molecule has 0 bridgehead atoms. The largest absolute Gasteiger partial charge is 0.490 e. The minimum absolute atomic E-state index is 0.0128. The van der Waals surface area contributed by atoms with Gasteiger partial charge in [-0.25, -0.2) is 0 Å². The van der Waals surface area contributed by atoms with Gasteiger partial charge in [0.05, 0.1) is 17.4 Å². The van der Waals surface area contributed by atoms with Gasteiger partial charge in [-0.05, 0) is 60.7 Å². The number of anilines is 1. The van der Waals surface area contributed by atoms with Gasteiger partial charge in [-0.1, -0.05) is 12.1 Å². The van der Waals surface area contributed by atoms with Crippen LogP contribution in [0.5, 0.6) is 5.75 Å². The van der Waals surface area contributed by atoms with Gasteiger partial charge in [0.2, 0.25) is 0 Å². The monoisotopic (exact) mass is 454 g/mol. The summed E-state index contributed by atoms with van der Waals surface area (Å²) in [5, 5.41) is 7.73. The lowest BCUT2D eigenvalue weighted by molar-refractivity contribution is -0.137. The van der Waals surface area contributed by atoms with E-state index in [0.29, 0.717) is 17.1 Å². The molecule has 1 fully saturated rings. The number of aryl methyl sites for hydroxylation is 1. The summed E-state index contributed by atoms with van der Waals surface area (Å²) < 4.78 is 45.8. The van der Waals surface area contributed by atoms with Crippen molar-refractivity contribution in [3.63, 3.8) is 0 Å². The fourth-order valence-corrected chi connectivity index (χ4v) is 4.13. The number of nitrogens with one attached hydrogen (secondary N) is 2. The number of benzene rings is 2. The third-order valence-electron chi connectivity index (χ3n) is 6.06. The Balaban J connectivity index is 1.24. The highest BCUT2D eigenvalue weighted by atomic mass is 19.4. The second-order valence-electron chi connectivity index (χ2n) is 8.23. The third-order valence-corrected chi connectivity index (χ3v) is 6.06. The Morgan fingerprint density at radius 2 is 1.91 bits per heavy atom. The lowest BCUT2D eigenvalue weighted by atomic mass is 9.77. The minimum Gasteiger partial charge on any atom is -0.490 e. The second kappa shape index (κ2) is 7.99. The molecule has 2 N–H and O–H groups in total. The summed E-state index contributed by atoms with van der Waals surface area (Å²) in [7, 11) is 1.70. The molecule has 1 amide bonds. The number of fused-ring (bicyclic) bond motifs is 1. The van der Waals surface area contributed by atoms with Crippen LogP contribution in [0.4, 0.5) is 18.9 Å². The Bertz CT molecular complexity index is 1300. The molecule has 6 nitrogen and oxygen atoms in total. The number of halogens is 3. The number of aromatic nitrogens is 3. The summed E-state index contributed by atoms with van der Waals surface area (Å²) in [6, 6.07) is 12.6. The van der Waals surface area contributed by atoms with Crippen LogP contribution in [0.2, 0.25) is 0 Å². The van der Waals surface area contributed by atoms with E-state index in [9.17, 15) is 18.0 Å². The molecule has 2 aromatic carbocycles. The van der Waals surface area contributed by atoms with E-state index in [-0.39, 0.29) is 17.9 Å². The van der Waals surface area contributed by atoms with E-state index in [1.165, 1.54) is 4.68 Å². The predicted molar refractivity (Wildman–Crippen MR) is 117 cm³/mol. The zero-order valence-corrected chi connectivity index (χ0v) is 17.7. The van der Waals surface area contributed by atoms with E-state index in [1.54, 1.807) is 37.6 Å². The number of H-pyrrole nitrogens is 1. The van der Waals surface area contributed by atoms with E-state index >= 15 is 0 Å². The highest BCUT2D eigenvalue weighted by Gasteiger charge is 2.34. The van der Waals surface area contributed by atoms with Crippen LogP contribution in [0.3, 0.4) is 0 Å². The lowest BCUT2D eigenvalue weighted by Gasteiger charge is -2.35. The number of hydrogen-bond donors (Lipinski definition) is 2. The Morgan fingerprint density at radius 1 is 1.15 bits per heavy atom. The van der Waals surface area contributed by atoms with Crippen molar-refractivity contribution in [3.05, 3.63) is 77.7 Å². The third kappa shape index (κ3) is 4.18. The second-order valence-corrected chi connectivity index (χ2v) is 8.23. The molecule has 0 saturated heterocycles. The highest BCUT2D eigenvalue weighted by molar-refractivity contribution is 6.08. The van der Waals surface area contributed by atoms with Crippen LogP contribution in [-0.4, -0.2) is 26.8 Å². The van der Waals surface area contributed by atoms with Crippen LogP contribution in [0.1, 0.15) is 40.4 Å². The van der Waals surface area contributed by atoms with Crippen molar-refractivity contribution < 1.29 is 22.7 Å². The molecule has 0 atom stereocenters. The molecule has 0 spiro atoms. The fourth-order valence-electron chi connectivity index (χ4n) is 4.13. The molecule has 2 heterocycles. The zero-order chi connectivity index (χ0) is 23.2. The molecule has 0 radical (unpaired) electrons. The first-order chi connectivity index (χ1) is 15.8. The quantitative estimate of drug-likeness (QED) is 0.418. The number of nitrogens with zero attached hydrogens (tertiary/aromatic N) is 2. The van der Waals surface area contributed by atoms with Crippen molar-refractivity contribution >= 4 is 22.5 Å². The van der Waals surface area contributed by atoms with Gasteiger partial charge in [0.1, 0.15) is 11.4 Å². The van der Waals surface area contributed by atoms with Crippen molar-refractivity contribution in [1.82, 2.24) is 14.8 Å². The van der Waals surface area contributed by atoms with Gasteiger partial charge in [0.25, 0.3) is 5.91 Å². The zero-order valence-electron chi connectivity index (χ0n) is 17.7. The van der Waals surface area contributed by atoms with Gasteiger partial charge in [-0.2, -0.15) is 18.3 Å². The maximum atomic E-state index is 12.7. The van der Waals surface area contributed by atoms with Crippen molar-refractivity contribution in [2.24, 2.45) is 7.05 Å². The number of amides is 1. The van der Waals surface area contributed by atoms with Crippen LogP contribution in [0.15, 0.2) is 60.9 Å². The number of hydrogen-bond acceptors (Lipinski definition) is 3. The first-order valence-corrected chi connectivity index (χ1v) is 10.5. The molecule has 1 aliphatic rings.